The summed E-state index contributed by atoms with van der Waals surface area (Å²) < 4.78 is 26.1. The van der Waals surface area contributed by atoms with Gasteiger partial charge in [0.2, 0.25) is 0 Å². The van der Waals surface area contributed by atoms with Crippen LogP contribution in [0, 0.1) is 83.1 Å². The number of rotatable bonds is 8. The molecular weight excluding hydrogens is 1380 g/mol. The average Bonchev–Trinajstić information content (AvgIpc) is 1.62. The van der Waals surface area contributed by atoms with Crippen molar-refractivity contribution in [2.75, 3.05) is 28.4 Å². The average molecular weight is 1470 g/mol. The number of para-hydroxylation sites is 4. The number of hydrogen-bond donors (Lipinski definition) is 4. The van der Waals surface area contributed by atoms with Gasteiger partial charge in [0, 0.05) is 112 Å². The molecule has 4 aromatic heterocycles. The predicted molar refractivity (Wildman–Crippen MR) is 461 cm³/mol. The minimum Gasteiger partial charge on any atom is -0.495 e. The Morgan fingerprint density at radius 1 is 0.214 bits per heavy atom. The van der Waals surface area contributed by atoms with E-state index in [-0.39, 0.29) is 0 Å². The summed E-state index contributed by atoms with van der Waals surface area (Å²) >= 11 is 0. The fourth-order valence-electron chi connectivity index (χ4n) is 18.0. The Morgan fingerprint density at radius 2 is 0.393 bits per heavy atom. The highest BCUT2D eigenvalue weighted by Crippen LogP contribution is 2.47. The summed E-state index contributed by atoms with van der Waals surface area (Å²) in [5, 5.41) is 0. The number of nitrogens with one attached hydrogen (secondary N) is 4. The summed E-state index contributed by atoms with van der Waals surface area (Å²) in [7, 11) is 6.97. The van der Waals surface area contributed by atoms with Gasteiger partial charge in [-0.15, -0.1) is 0 Å². The fraction of sp³-hybridized carbons (Fsp3) is 0.160. The van der Waals surface area contributed by atoms with Gasteiger partial charge in [-0.3, -0.25) is 0 Å². The smallest absolute Gasteiger partial charge is 0.137 e. The Morgan fingerprint density at radius 3 is 0.580 bits per heavy atom. The van der Waals surface area contributed by atoms with Crippen LogP contribution in [0.15, 0.2) is 261 Å². The van der Waals surface area contributed by atoms with E-state index in [2.05, 4.69) is 321 Å². The number of aromatic nitrogens is 4. The zero-order chi connectivity index (χ0) is 77.7. The van der Waals surface area contributed by atoms with Crippen molar-refractivity contribution in [1.82, 2.24) is 19.9 Å². The first-order valence-corrected chi connectivity index (χ1v) is 38.1. The number of hydrogen-bond acceptors (Lipinski definition) is 8. The second-order valence-corrected chi connectivity index (χ2v) is 30.1. The highest BCUT2D eigenvalue weighted by molar-refractivity contribution is 6.18. The molecule has 17 rings (SSSR count). The van der Waals surface area contributed by atoms with E-state index in [0.717, 1.165) is 225 Å². The molecule has 552 valence electrons. The maximum Gasteiger partial charge on any atom is 0.137 e. The van der Waals surface area contributed by atoms with Gasteiger partial charge < -0.3 is 38.9 Å². The molecule has 12 heteroatoms. The zero-order valence-electron chi connectivity index (χ0n) is 66.2. The number of methoxy groups -OCH3 is 4. The van der Waals surface area contributed by atoms with Crippen LogP contribution in [0.2, 0.25) is 0 Å². The fourth-order valence-corrected chi connectivity index (χ4v) is 18.0. The maximum absolute atomic E-state index is 6.52. The summed E-state index contributed by atoms with van der Waals surface area (Å²) in [6.45, 7) is 26.1. The van der Waals surface area contributed by atoms with Crippen LogP contribution in [0.5, 0.6) is 23.0 Å². The Labute approximate surface area is 655 Å². The lowest BCUT2D eigenvalue weighted by Gasteiger charge is -2.17. The molecule has 12 nitrogen and oxygen atoms in total. The van der Waals surface area contributed by atoms with Gasteiger partial charge in [0.15, 0.2) is 0 Å². The molecule has 24 bridgehead atoms. The number of H-pyrrole nitrogens is 4. The second kappa shape index (κ2) is 28.6. The quantitative estimate of drug-likeness (QED) is 0.120. The van der Waals surface area contributed by atoms with E-state index in [1.807, 2.05) is 0 Å². The monoisotopic (exact) mass is 1460 g/mol. The van der Waals surface area contributed by atoms with Crippen LogP contribution in [-0.2, 0) is 0 Å². The first-order valence-electron chi connectivity index (χ1n) is 38.1. The number of nitrogens with zero attached hydrogens (tertiary/aromatic N) is 4. The molecule has 9 heterocycles. The number of ether oxygens (including phenoxy) is 4. The van der Waals surface area contributed by atoms with Crippen LogP contribution < -0.4 is 18.9 Å². The Balaban J connectivity index is 0.871. The predicted octanol–water partition coefficient (Wildman–Crippen LogP) is 23.0. The lowest BCUT2D eigenvalue weighted by Crippen LogP contribution is -2.03. The molecule has 0 unspecified atom stereocenters. The van der Waals surface area contributed by atoms with Gasteiger partial charge in [-0.1, -0.05) is 95.1 Å². The Hall–Kier alpha value is -13.3. The van der Waals surface area contributed by atoms with Crippen LogP contribution in [0.4, 0.5) is 0 Å². The third-order valence-corrected chi connectivity index (χ3v) is 22.3. The van der Waals surface area contributed by atoms with E-state index in [1.165, 1.54) is 22.3 Å². The molecule has 0 spiro atoms. The van der Waals surface area contributed by atoms with Crippen LogP contribution in [0.25, 0.3) is 67.3 Å². The zero-order valence-corrected chi connectivity index (χ0v) is 66.2. The standard InChI is InChI=1S/C100H88N8O4/c1-53-45-57(5)89(58(6)46-53)93-81-37-29-73(101-81)65-21-17-23-67(97(65)109-13)75-31-39-83(103-75)94(90-59(7)47-54(2)48-60(90)8)85-41-33-77(105-85)69-25-19-27-71(99(69)111-15)79-35-43-87(107-79)96(92-63(11)51-56(4)52-64(92)12)88-44-36-80(108-88)72-28-20-26-70(100(72)112-16)78-34-42-86(106-78)95(91-61(9)49-55(3)50-62(91)10)84-40-32-76(104-84)68-24-18-22-66(98(68)110-14)74-30-38-82(93)102-74/h17-52,101,104-105,108H,1-16H3/b93-82-,94-83+,95-86+,96-87+. The van der Waals surface area contributed by atoms with Crippen molar-refractivity contribution in [1.29, 1.82) is 0 Å². The van der Waals surface area contributed by atoms with Crippen molar-refractivity contribution in [2.45, 2.75) is 83.1 Å². The summed E-state index contributed by atoms with van der Waals surface area (Å²) in [5.41, 5.74) is 42.8. The Kier molecular flexibility index (Phi) is 18.3. The molecule has 8 aromatic carbocycles. The van der Waals surface area contributed by atoms with E-state index < -0.39 is 0 Å². The van der Waals surface area contributed by atoms with E-state index in [0.29, 0.717) is 23.0 Å². The first kappa shape index (κ1) is 71.6. The lowest BCUT2D eigenvalue weighted by molar-refractivity contribution is 0.415. The normalized spacial score (nSPS) is 16.9. The number of fused-ring (bicyclic) bond motifs is 28. The SMILES string of the molecule is COc1c2cccc1-c1ccc([nH]1)/C(c1c(C)cc(C)cc1C)=C1/C=CC(=N1)c1cccc(c1OC)-c1ccc([nH]1)/C(c1c(C)cc(C)cc1C)=C1/C=CC(=N1)c1cccc(c1OC)-c1ccc([nH]1)/C(c1c(C)cc(C)cc1C)=C1\C=CC(=N1)c1cccc(c1OC)-c1ccc([nH]1)/C(c1c(C)cc(C)cc1C)=C1/C=CC2=N1. The molecule has 0 aliphatic carbocycles. The van der Waals surface area contributed by atoms with Crippen molar-refractivity contribution in [2.24, 2.45) is 20.0 Å². The molecule has 0 radical (unpaired) electrons. The third-order valence-electron chi connectivity index (χ3n) is 22.3. The molecule has 0 atom stereocenters. The van der Waals surface area contributed by atoms with E-state index >= 15 is 0 Å². The molecule has 112 heavy (non-hydrogen) atoms. The minimum atomic E-state index is 0.695. The van der Waals surface area contributed by atoms with Crippen LogP contribution >= 0.6 is 0 Å². The van der Waals surface area contributed by atoms with Gasteiger partial charge in [-0.05, 0) is 296 Å². The van der Waals surface area contributed by atoms with E-state index in [4.69, 9.17) is 38.9 Å². The van der Waals surface area contributed by atoms with Gasteiger partial charge in [-0.25, -0.2) is 20.0 Å². The molecule has 0 fully saturated rings. The van der Waals surface area contributed by atoms with Gasteiger partial charge in [0.05, 0.1) is 74.1 Å². The van der Waals surface area contributed by atoms with Gasteiger partial charge >= 0.3 is 0 Å². The van der Waals surface area contributed by atoms with Gasteiger partial charge in [0.1, 0.15) is 23.0 Å². The highest BCUT2D eigenvalue weighted by Gasteiger charge is 2.31. The first-order chi connectivity index (χ1) is 54.3. The topological polar surface area (TPSA) is 150 Å². The van der Waals surface area contributed by atoms with E-state index in [1.54, 1.807) is 28.4 Å². The lowest BCUT2D eigenvalue weighted by atomic mass is 9.90. The number of aryl methyl sites for hydroxylation is 12. The molecule has 4 N–H and O–H groups in total. The molecule has 0 amide bonds. The van der Waals surface area contributed by atoms with Crippen LogP contribution in [0.1, 0.15) is 134 Å². The number of aliphatic imine (C=N–C) groups is 4. The minimum absolute atomic E-state index is 0.695. The summed E-state index contributed by atoms with van der Waals surface area (Å²) in [6, 6.07) is 60.4. The summed E-state index contributed by atoms with van der Waals surface area (Å²) in [4.78, 5) is 38.0. The second-order valence-electron chi connectivity index (χ2n) is 30.1. The summed E-state index contributed by atoms with van der Waals surface area (Å²) in [6.07, 6.45) is 16.9. The van der Waals surface area contributed by atoms with Crippen molar-refractivity contribution >= 4 is 45.1 Å². The highest BCUT2D eigenvalue weighted by atomic mass is 16.5. The molecular formula is C100H88N8O4. The molecule has 5 aliphatic rings. The van der Waals surface area contributed by atoms with E-state index in [9.17, 15) is 0 Å². The van der Waals surface area contributed by atoms with Gasteiger partial charge in [-0.2, -0.15) is 0 Å². The number of allylic oxidation sites excluding steroid dienone is 8. The summed E-state index contributed by atoms with van der Waals surface area (Å²) in [5.74, 6) is 2.78. The van der Waals surface area contributed by atoms with Crippen LogP contribution in [-0.4, -0.2) is 71.2 Å². The Bertz CT molecular complexity index is 5570. The van der Waals surface area contributed by atoms with Crippen molar-refractivity contribution in [3.8, 4) is 68.0 Å². The largest absolute Gasteiger partial charge is 0.495 e. The molecule has 0 saturated carbocycles. The van der Waals surface area contributed by atoms with Crippen LogP contribution in [0.3, 0.4) is 0 Å². The van der Waals surface area contributed by atoms with Crippen molar-refractivity contribution in [3.05, 3.63) is 375 Å². The molecule has 5 aliphatic heterocycles. The molecule has 0 saturated heterocycles. The number of benzene rings is 8. The van der Waals surface area contributed by atoms with Gasteiger partial charge in [0.25, 0.3) is 0 Å². The molecule has 12 aromatic rings. The number of aromatic amines is 4. The maximum atomic E-state index is 6.52. The van der Waals surface area contributed by atoms with Crippen molar-refractivity contribution in [3.63, 3.8) is 0 Å². The third kappa shape index (κ3) is 12.4. The van der Waals surface area contributed by atoms with Crippen molar-refractivity contribution < 1.29 is 18.9 Å².